The van der Waals surface area contributed by atoms with Gasteiger partial charge in [-0.05, 0) is 17.2 Å². The second kappa shape index (κ2) is 5.09. The molecular weight excluding hydrogens is 248 g/mol. The second-order valence-corrected chi connectivity index (χ2v) is 4.28. The van der Waals surface area contributed by atoms with E-state index in [9.17, 15) is 14.4 Å². The maximum absolute atomic E-state index is 10.9. The summed E-state index contributed by atoms with van der Waals surface area (Å²) in [6, 6.07) is 8.48. The molecule has 0 unspecified atom stereocenters. The quantitative estimate of drug-likeness (QED) is 0.642. The second-order valence-electron chi connectivity index (χ2n) is 4.28. The van der Waals surface area contributed by atoms with Gasteiger partial charge in [0.2, 0.25) is 18.0 Å². The lowest BCUT2D eigenvalue weighted by molar-refractivity contribution is -0.191. The van der Waals surface area contributed by atoms with E-state index in [-0.39, 0.29) is 18.2 Å². The molecule has 3 rings (SSSR count). The monoisotopic (exact) mass is 262 g/mol. The Bertz CT molecular complexity index is 524. The van der Waals surface area contributed by atoms with Crippen molar-refractivity contribution in [3.63, 3.8) is 0 Å². The topological polar surface area (TPSA) is 75.7 Å². The lowest BCUT2D eigenvalue weighted by atomic mass is 10.2. The average molecular weight is 262 g/mol. The van der Waals surface area contributed by atoms with Crippen molar-refractivity contribution in [1.82, 2.24) is 10.4 Å². The van der Waals surface area contributed by atoms with Crippen molar-refractivity contribution in [2.24, 2.45) is 0 Å². The highest BCUT2D eigenvalue weighted by Crippen LogP contribution is 2.32. The summed E-state index contributed by atoms with van der Waals surface area (Å²) in [5.74, 6) is -1.11. The number of β-lactam (4-membered cyclic amide) rings is 1. The molecule has 1 atom stereocenters. The van der Waals surface area contributed by atoms with Gasteiger partial charge in [-0.3, -0.25) is 19.8 Å². The van der Waals surface area contributed by atoms with E-state index in [4.69, 9.17) is 4.74 Å². The summed E-state index contributed by atoms with van der Waals surface area (Å²) in [5.41, 5.74) is 5.10. The molecule has 100 valence electrons. The van der Waals surface area contributed by atoms with Gasteiger partial charge in [-0.1, -0.05) is 18.2 Å². The van der Waals surface area contributed by atoms with E-state index in [1.807, 2.05) is 0 Å². The number of ether oxygens (including phenoxy) is 1. The van der Waals surface area contributed by atoms with Crippen LogP contribution in [-0.2, 0) is 19.1 Å². The van der Waals surface area contributed by atoms with Crippen LogP contribution in [0.1, 0.15) is 20.3 Å². The minimum Gasteiger partial charge on any atom is -0.439 e. The molecule has 0 bridgehead atoms. The van der Waals surface area contributed by atoms with E-state index in [0.29, 0.717) is 0 Å². The minimum atomic E-state index is -0.645. The van der Waals surface area contributed by atoms with Crippen molar-refractivity contribution >= 4 is 17.8 Å². The Morgan fingerprint density at radius 1 is 1.32 bits per heavy atom. The Hall–Kier alpha value is -2.37. The lowest BCUT2D eigenvalue weighted by Crippen LogP contribution is -2.61. The van der Waals surface area contributed by atoms with Crippen molar-refractivity contribution in [2.45, 2.75) is 26.5 Å². The number of amides is 2. The van der Waals surface area contributed by atoms with Crippen LogP contribution >= 0.6 is 0 Å². The molecule has 0 aromatic heterocycles. The first-order valence-corrected chi connectivity index (χ1v) is 5.84. The Labute approximate surface area is 110 Å². The molecule has 0 aromatic rings. The zero-order valence-corrected chi connectivity index (χ0v) is 10.7. The fourth-order valence-corrected chi connectivity index (χ4v) is 1.65. The van der Waals surface area contributed by atoms with Gasteiger partial charge in [0.25, 0.3) is 0 Å². The Kier molecular flexibility index (Phi) is 3.50. The fourth-order valence-electron chi connectivity index (χ4n) is 1.65. The number of hydrazine groups is 1. The zero-order valence-electron chi connectivity index (χ0n) is 10.7. The minimum absolute atomic E-state index is 0.125. The normalized spacial score (nSPS) is 17.7. The van der Waals surface area contributed by atoms with E-state index >= 15 is 0 Å². The number of benzene rings is 1. The number of fused-ring (bicyclic) bond motifs is 1. The third kappa shape index (κ3) is 3.31. The van der Waals surface area contributed by atoms with Crippen LogP contribution in [0.2, 0.25) is 0 Å². The highest BCUT2D eigenvalue weighted by molar-refractivity contribution is 5.86. The van der Waals surface area contributed by atoms with E-state index < -0.39 is 12.2 Å². The molecule has 19 heavy (non-hydrogen) atoms. The molecule has 1 aliphatic heterocycles. The molecule has 3 aliphatic rings. The lowest BCUT2D eigenvalue weighted by Gasteiger charge is -2.38. The van der Waals surface area contributed by atoms with Gasteiger partial charge in [0.1, 0.15) is 0 Å². The summed E-state index contributed by atoms with van der Waals surface area (Å²) in [5, 5.41) is 1.00. The van der Waals surface area contributed by atoms with Crippen LogP contribution in [0.5, 0.6) is 0 Å². The zero-order chi connectivity index (χ0) is 14.0. The molecule has 6 heteroatoms. The van der Waals surface area contributed by atoms with Crippen LogP contribution in [-0.4, -0.2) is 29.0 Å². The number of nitrogens with one attached hydrogen (secondary N) is 1. The van der Waals surface area contributed by atoms with Gasteiger partial charge in [-0.25, -0.2) is 5.01 Å². The first-order valence-electron chi connectivity index (χ1n) is 5.84. The Morgan fingerprint density at radius 3 is 2.26 bits per heavy atom. The van der Waals surface area contributed by atoms with Gasteiger partial charge in [0.05, 0.1) is 6.42 Å². The first-order chi connectivity index (χ1) is 8.97. The summed E-state index contributed by atoms with van der Waals surface area (Å²) in [4.78, 5) is 32.0. The molecule has 1 saturated heterocycles. The molecule has 1 N–H and O–H groups in total. The highest BCUT2D eigenvalue weighted by Gasteiger charge is 2.39. The molecule has 2 aliphatic carbocycles. The average Bonchev–Trinajstić information content (AvgIpc) is 2.93. The molecule has 0 aromatic carbocycles. The predicted molar refractivity (Wildman–Crippen MR) is 66.3 cm³/mol. The molecule has 2 amide bonds. The van der Waals surface area contributed by atoms with Crippen LogP contribution in [0.25, 0.3) is 11.1 Å². The van der Waals surface area contributed by atoms with Crippen molar-refractivity contribution in [3.05, 3.63) is 24.3 Å². The molecule has 0 saturated carbocycles. The van der Waals surface area contributed by atoms with Gasteiger partial charge in [0, 0.05) is 13.8 Å². The van der Waals surface area contributed by atoms with Crippen molar-refractivity contribution in [1.29, 1.82) is 0 Å². The van der Waals surface area contributed by atoms with Crippen molar-refractivity contribution in [3.8, 4) is 11.1 Å². The molecule has 0 spiro atoms. The summed E-state index contributed by atoms with van der Waals surface area (Å²) in [6.45, 7) is 2.52. The highest BCUT2D eigenvalue weighted by atomic mass is 16.6. The van der Waals surface area contributed by atoms with Crippen molar-refractivity contribution in [2.75, 3.05) is 0 Å². The number of hydrogen-bond acceptors (Lipinski definition) is 4. The van der Waals surface area contributed by atoms with Crippen LogP contribution in [0.15, 0.2) is 24.3 Å². The number of carbonyl (C=O) groups excluding carboxylic acids is 3. The summed E-state index contributed by atoms with van der Waals surface area (Å²) >= 11 is 0. The van der Waals surface area contributed by atoms with E-state index in [0.717, 1.165) is 5.01 Å². The summed E-state index contributed by atoms with van der Waals surface area (Å²) in [6.07, 6.45) is -0.520. The van der Waals surface area contributed by atoms with Gasteiger partial charge < -0.3 is 4.74 Å². The van der Waals surface area contributed by atoms with Crippen molar-refractivity contribution < 1.29 is 19.1 Å². The maximum atomic E-state index is 10.9. The Balaban J connectivity index is 0.000000180. The van der Waals surface area contributed by atoms with Gasteiger partial charge in [-0.15, -0.1) is 0 Å². The SMILES string of the molecule is CC(=O)NN1C(=O)C[C@H]1OC(C)=O.c1cc2cc-2c1. The summed E-state index contributed by atoms with van der Waals surface area (Å²) < 4.78 is 4.72. The van der Waals surface area contributed by atoms with E-state index in [2.05, 4.69) is 29.7 Å². The van der Waals surface area contributed by atoms with E-state index in [1.165, 1.54) is 25.0 Å². The number of nitrogens with zero attached hydrogens (tertiary/aromatic N) is 1. The summed E-state index contributed by atoms with van der Waals surface area (Å²) in [7, 11) is 0. The predicted octanol–water partition coefficient (Wildman–Crippen LogP) is 0.826. The van der Waals surface area contributed by atoms with Gasteiger partial charge in [0.15, 0.2) is 0 Å². The molecule has 1 fully saturated rings. The van der Waals surface area contributed by atoms with Crippen LogP contribution in [0.3, 0.4) is 0 Å². The molecule has 1 heterocycles. The number of hydrogen-bond donors (Lipinski definition) is 1. The first kappa shape index (κ1) is 13.1. The maximum Gasteiger partial charge on any atom is 0.304 e. The fraction of sp³-hybridized carbons (Fsp3) is 0.308. The van der Waals surface area contributed by atoms with Crippen LogP contribution in [0.4, 0.5) is 0 Å². The third-order valence-corrected chi connectivity index (χ3v) is 2.60. The van der Waals surface area contributed by atoms with Gasteiger partial charge in [-0.2, -0.15) is 0 Å². The van der Waals surface area contributed by atoms with Crippen LogP contribution < -0.4 is 5.43 Å². The Morgan fingerprint density at radius 2 is 1.95 bits per heavy atom. The largest absolute Gasteiger partial charge is 0.439 e. The number of carbonyl (C=O) groups is 3. The number of esters is 1. The number of rotatable bonds is 2. The molecule has 6 nitrogen and oxygen atoms in total. The smallest absolute Gasteiger partial charge is 0.304 e. The van der Waals surface area contributed by atoms with Crippen LogP contribution in [0, 0.1) is 0 Å². The molecular formula is C13H14N2O4. The third-order valence-electron chi connectivity index (χ3n) is 2.60. The molecule has 0 radical (unpaired) electrons. The standard InChI is InChI=1S/C7H10N2O4.C6H4/c1-4(10)8-9-6(12)3-7(9)13-5(2)11;1-2-5-4-6(5)3-1/h7H,3H2,1-2H3,(H,8,10);1-4H/t7-;/m1./s1. The van der Waals surface area contributed by atoms with E-state index in [1.54, 1.807) is 0 Å². The van der Waals surface area contributed by atoms with Gasteiger partial charge >= 0.3 is 5.97 Å².